The summed E-state index contributed by atoms with van der Waals surface area (Å²) >= 11 is 3.60. The molecule has 3 heterocycles. The van der Waals surface area contributed by atoms with Crippen LogP contribution in [0.5, 0.6) is 11.5 Å². The molecule has 1 N–H and O–H groups in total. The summed E-state index contributed by atoms with van der Waals surface area (Å²) in [6, 6.07) is 15.0. The molecule has 0 unspecified atom stereocenters. The summed E-state index contributed by atoms with van der Waals surface area (Å²) in [5.41, 5.74) is 3.13. The molecular formula is C21H15IN4O3S. The lowest BCUT2D eigenvalue weighted by Gasteiger charge is -2.08. The van der Waals surface area contributed by atoms with E-state index in [9.17, 15) is 4.79 Å². The van der Waals surface area contributed by atoms with Gasteiger partial charge >= 0.3 is 0 Å². The van der Waals surface area contributed by atoms with Crippen molar-refractivity contribution < 1.29 is 14.3 Å². The van der Waals surface area contributed by atoms with Crippen molar-refractivity contribution in [2.75, 3.05) is 12.1 Å². The molecular weight excluding hydrogens is 515 g/mol. The highest BCUT2D eigenvalue weighted by Gasteiger charge is 2.18. The normalized spacial score (nSPS) is 12.2. The van der Waals surface area contributed by atoms with E-state index in [0.29, 0.717) is 22.3 Å². The van der Waals surface area contributed by atoms with E-state index in [1.165, 1.54) is 11.3 Å². The minimum Gasteiger partial charge on any atom is -0.454 e. The van der Waals surface area contributed by atoms with E-state index in [1.807, 2.05) is 54.8 Å². The Labute approximate surface area is 189 Å². The van der Waals surface area contributed by atoms with Gasteiger partial charge in [-0.3, -0.25) is 4.79 Å². The topological polar surface area (TPSA) is 78.3 Å². The molecule has 0 aliphatic carbocycles. The van der Waals surface area contributed by atoms with Crippen molar-refractivity contribution in [3.63, 3.8) is 0 Å². The van der Waals surface area contributed by atoms with Crippen LogP contribution in [0.25, 0.3) is 16.4 Å². The molecule has 9 heteroatoms. The first-order valence-electron chi connectivity index (χ1n) is 9.07. The van der Waals surface area contributed by atoms with Gasteiger partial charge in [-0.25, -0.2) is 4.98 Å². The second-order valence-electron chi connectivity index (χ2n) is 6.60. The molecule has 2 aromatic heterocycles. The fourth-order valence-corrected chi connectivity index (χ4v) is 4.54. The quantitative estimate of drug-likeness (QED) is 0.381. The Bertz CT molecular complexity index is 1270. The molecule has 1 aliphatic heterocycles. The van der Waals surface area contributed by atoms with E-state index in [1.54, 1.807) is 10.7 Å². The molecule has 1 aliphatic rings. The number of carbonyl (C=O) groups excluding carboxylic acids is 1. The van der Waals surface area contributed by atoms with Crippen LogP contribution in [0.15, 0.2) is 53.9 Å². The van der Waals surface area contributed by atoms with Gasteiger partial charge in [-0.05, 0) is 59.8 Å². The van der Waals surface area contributed by atoms with Gasteiger partial charge in [-0.1, -0.05) is 12.1 Å². The molecule has 0 spiro atoms. The zero-order chi connectivity index (χ0) is 20.7. The van der Waals surface area contributed by atoms with Crippen molar-refractivity contribution >= 4 is 45.7 Å². The monoisotopic (exact) mass is 530 g/mol. The second-order valence-corrected chi connectivity index (χ2v) is 8.60. The lowest BCUT2D eigenvalue weighted by atomic mass is 10.1. The number of thiazole rings is 1. The Balaban J connectivity index is 1.45. The Morgan fingerprint density at radius 3 is 2.87 bits per heavy atom. The van der Waals surface area contributed by atoms with Crippen molar-refractivity contribution in [1.82, 2.24) is 14.8 Å². The lowest BCUT2D eigenvalue weighted by molar-refractivity contribution is 0.102. The highest BCUT2D eigenvalue weighted by molar-refractivity contribution is 14.1. The average Bonchev–Trinajstić information content (AvgIpc) is 3.47. The third kappa shape index (κ3) is 3.54. The lowest BCUT2D eigenvalue weighted by Crippen LogP contribution is -2.16. The number of halogens is 1. The van der Waals surface area contributed by atoms with Gasteiger partial charge in [0, 0.05) is 20.6 Å². The smallest absolute Gasteiger partial charge is 0.257 e. The minimum atomic E-state index is -0.186. The molecule has 5 rings (SSSR count). The van der Waals surface area contributed by atoms with Crippen LogP contribution in [0.1, 0.15) is 16.1 Å². The van der Waals surface area contributed by atoms with Gasteiger partial charge in [-0.2, -0.15) is 9.78 Å². The second kappa shape index (κ2) is 7.73. The van der Waals surface area contributed by atoms with Crippen molar-refractivity contribution in [1.29, 1.82) is 0 Å². The summed E-state index contributed by atoms with van der Waals surface area (Å²) < 4.78 is 13.4. The van der Waals surface area contributed by atoms with E-state index in [-0.39, 0.29) is 12.7 Å². The van der Waals surface area contributed by atoms with E-state index in [0.717, 1.165) is 26.3 Å². The first-order valence-corrected chi connectivity index (χ1v) is 11.0. The Hall–Kier alpha value is -2.92. The first kappa shape index (κ1) is 19.1. The molecule has 0 atom stereocenters. The Kier molecular flexibility index (Phi) is 4.91. The number of carbonyl (C=O) groups is 1. The Morgan fingerprint density at radius 1 is 1.17 bits per heavy atom. The fourth-order valence-electron chi connectivity index (χ4n) is 3.11. The summed E-state index contributed by atoms with van der Waals surface area (Å²) in [6.07, 6.45) is 0. The first-order chi connectivity index (χ1) is 14.6. The molecule has 150 valence electrons. The SMILES string of the molecule is Cc1cc(NC(=O)c2ccccc2I)n(-c2nc(-c3ccc4c(c3)OCO4)cs2)n1. The van der Waals surface area contributed by atoms with Crippen LogP contribution >= 0.6 is 33.9 Å². The molecule has 2 aromatic carbocycles. The van der Waals surface area contributed by atoms with Crippen LogP contribution in [0.3, 0.4) is 0 Å². The summed E-state index contributed by atoms with van der Waals surface area (Å²) in [4.78, 5) is 17.5. The molecule has 0 saturated heterocycles. The maximum absolute atomic E-state index is 12.8. The molecule has 1 amide bonds. The number of nitrogens with one attached hydrogen (secondary N) is 1. The number of rotatable bonds is 4. The summed E-state index contributed by atoms with van der Waals surface area (Å²) in [5.74, 6) is 1.83. The highest BCUT2D eigenvalue weighted by Crippen LogP contribution is 2.36. The van der Waals surface area contributed by atoms with Gasteiger partial charge < -0.3 is 14.8 Å². The number of hydrogen-bond donors (Lipinski definition) is 1. The molecule has 4 aromatic rings. The predicted molar refractivity (Wildman–Crippen MR) is 123 cm³/mol. The largest absolute Gasteiger partial charge is 0.454 e. The van der Waals surface area contributed by atoms with Gasteiger partial charge in [0.2, 0.25) is 11.9 Å². The summed E-state index contributed by atoms with van der Waals surface area (Å²) in [6.45, 7) is 2.11. The molecule has 0 fully saturated rings. The van der Waals surface area contributed by atoms with E-state index < -0.39 is 0 Å². The number of benzene rings is 2. The fraction of sp³-hybridized carbons (Fsp3) is 0.0952. The minimum absolute atomic E-state index is 0.186. The van der Waals surface area contributed by atoms with Gasteiger partial charge in [-0.15, -0.1) is 11.3 Å². The van der Waals surface area contributed by atoms with Gasteiger partial charge in [0.25, 0.3) is 5.91 Å². The third-order valence-electron chi connectivity index (χ3n) is 4.53. The standard InChI is InChI=1S/C21H15IN4O3S/c1-12-8-19(24-20(27)14-4-2-3-5-15(14)22)26(25-12)21-23-16(10-30-21)13-6-7-17-18(9-13)29-11-28-17/h2-10H,11H2,1H3,(H,24,27). The van der Waals surface area contributed by atoms with Gasteiger partial charge in [0.15, 0.2) is 11.5 Å². The zero-order valence-electron chi connectivity index (χ0n) is 15.8. The maximum Gasteiger partial charge on any atom is 0.257 e. The van der Waals surface area contributed by atoms with Gasteiger partial charge in [0.1, 0.15) is 5.82 Å². The van der Waals surface area contributed by atoms with E-state index >= 15 is 0 Å². The molecule has 7 nitrogen and oxygen atoms in total. The average molecular weight is 530 g/mol. The molecule has 0 radical (unpaired) electrons. The van der Waals surface area contributed by atoms with E-state index in [2.05, 4.69) is 33.0 Å². The number of anilines is 1. The van der Waals surface area contributed by atoms with Crippen molar-refractivity contribution in [2.45, 2.75) is 6.92 Å². The highest BCUT2D eigenvalue weighted by atomic mass is 127. The summed E-state index contributed by atoms with van der Waals surface area (Å²) in [7, 11) is 0. The van der Waals surface area contributed by atoms with Crippen LogP contribution in [-0.2, 0) is 0 Å². The van der Waals surface area contributed by atoms with Crippen molar-refractivity contribution in [2.24, 2.45) is 0 Å². The zero-order valence-corrected chi connectivity index (χ0v) is 18.7. The van der Waals surface area contributed by atoms with Crippen LogP contribution in [0, 0.1) is 10.5 Å². The van der Waals surface area contributed by atoms with E-state index in [4.69, 9.17) is 14.5 Å². The third-order valence-corrected chi connectivity index (χ3v) is 6.29. The number of aryl methyl sites for hydroxylation is 1. The number of hydrogen-bond acceptors (Lipinski definition) is 6. The number of ether oxygens (including phenoxy) is 2. The van der Waals surface area contributed by atoms with Crippen LogP contribution in [-0.4, -0.2) is 27.5 Å². The van der Waals surface area contributed by atoms with Crippen LogP contribution in [0.4, 0.5) is 5.82 Å². The van der Waals surface area contributed by atoms with Gasteiger partial charge in [0.05, 0.1) is 17.0 Å². The number of fused-ring (bicyclic) bond motifs is 1. The van der Waals surface area contributed by atoms with Crippen molar-refractivity contribution in [3.05, 3.63) is 68.7 Å². The molecule has 0 bridgehead atoms. The number of nitrogens with zero attached hydrogens (tertiary/aromatic N) is 3. The van der Waals surface area contributed by atoms with Crippen LogP contribution < -0.4 is 14.8 Å². The van der Waals surface area contributed by atoms with Crippen molar-refractivity contribution in [3.8, 4) is 27.9 Å². The maximum atomic E-state index is 12.8. The molecule has 30 heavy (non-hydrogen) atoms. The van der Waals surface area contributed by atoms with Crippen LogP contribution in [0.2, 0.25) is 0 Å². The molecule has 0 saturated carbocycles. The number of amides is 1. The predicted octanol–water partition coefficient (Wildman–Crippen LogP) is 4.89. The summed E-state index contributed by atoms with van der Waals surface area (Å²) in [5, 5.41) is 10.1. The number of aromatic nitrogens is 3. The Morgan fingerprint density at radius 2 is 2.00 bits per heavy atom.